The zero-order valence-electron chi connectivity index (χ0n) is 18.7. The van der Waals surface area contributed by atoms with Crippen LogP contribution in [-0.4, -0.2) is 55.2 Å². The molecule has 4 heterocycles. The molecule has 0 aromatic carbocycles. The minimum absolute atomic E-state index is 0.269. The van der Waals surface area contributed by atoms with Crippen LogP contribution >= 0.6 is 11.3 Å². The van der Waals surface area contributed by atoms with Crippen molar-refractivity contribution in [2.75, 3.05) is 26.2 Å². The topological polar surface area (TPSA) is 146 Å². The number of nitrogens with two attached hydrogens (primary N) is 1. The maximum absolute atomic E-state index is 12.1. The van der Waals surface area contributed by atoms with E-state index >= 15 is 0 Å². The van der Waals surface area contributed by atoms with Gasteiger partial charge in [-0.1, -0.05) is 0 Å². The predicted octanol–water partition coefficient (Wildman–Crippen LogP) is 1.45. The highest BCUT2D eigenvalue weighted by molar-refractivity contribution is 7.10. The Kier molecular flexibility index (Phi) is 7.63. The smallest absolute Gasteiger partial charge is 0.320 e. The van der Waals surface area contributed by atoms with Crippen molar-refractivity contribution in [2.24, 2.45) is 21.7 Å². The van der Waals surface area contributed by atoms with Crippen molar-refractivity contribution in [2.45, 2.75) is 38.5 Å². The van der Waals surface area contributed by atoms with E-state index < -0.39 is 5.92 Å². The van der Waals surface area contributed by atoms with E-state index in [-0.39, 0.29) is 11.9 Å². The summed E-state index contributed by atoms with van der Waals surface area (Å²) in [6, 6.07) is -0.269. The second kappa shape index (κ2) is 10.8. The van der Waals surface area contributed by atoms with Crippen molar-refractivity contribution in [1.82, 2.24) is 26.4 Å². The summed E-state index contributed by atoms with van der Waals surface area (Å²) in [7, 11) is 0. The molecule has 1 unspecified atom stereocenters. The van der Waals surface area contributed by atoms with E-state index in [9.17, 15) is 9.59 Å². The summed E-state index contributed by atoms with van der Waals surface area (Å²) < 4.78 is 0. The first-order valence-corrected chi connectivity index (χ1v) is 12.2. The van der Waals surface area contributed by atoms with Crippen LogP contribution in [0, 0.1) is 5.92 Å². The molecule has 0 aliphatic carbocycles. The van der Waals surface area contributed by atoms with Gasteiger partial charge in [0.15, 0.2) is 0 Å². The van der Waals surface area contributed by atoms with Gasteiger partial charge in [-0.05, 0) is 50.4 Å². The molecule has 4 rings (SSSR count). The van der Waals surface area contributed by atoms with E-state index in [2.05, 4.69) is 36.7 Å². The first kappa shape index (κ1) is 23.3. The van der Waals surface area contributed by atoms with Gasteiger partial charge in [0.2, 0.25) is 5.91 Å². The second-order valence-corrected chi connectivity index (χ2v) is 9.11. The van der Waals surface area contributed by atoms with Crippen LogP contribution in [-0.2, 0) is 4.79 Å². The summed E-state index contributed by atoms with van der Waals surface area (Å²) in [5, 5.41) is 12.1. The van der Waals surface area contributed by atoms with Crippen molar-refractivity contribution >= 4 is 40.9 Å². The highest BCUT2D eigenvalue weighted by Gasteiger charge is 2.28. The second-order valence-electron chi connectivity index (χ2n) is 8.25. The van der Waals surface area contributed by atoms with Crippen molar-refractivity contribution in [3.8, 4) is 0 Å². The van der Waals surface area contributed by atoms with Crippen molar-refractivity contribution in [3.63, 3.8) is 0 Å². The third kappa shape index (κ3) is 5.55. The molecule has 1 aromatic rings. The molecule has 0 spiro atoms. The van der Waals surface area contributed by atoms with Crippen LogP contribution < -0.4 is 27.2 Å². The summed E-state index contributed by atoms with van der Waals surface area (Å²) in [6.45, 7) is 4.81. The number of carbonyl (C=O) groups excluding carboxylic acids is 2. The van der Waals surface area contributed by atoms with Crippen LogP contribution in [0.25, 0.3) is 5.57 Å². The molecule has 6 N–H and O–H groups in total. The quantitative estimate of drug-likeness (QED) is 0.251. The van der Waals surface area contributed by atoms with Crippen LogP contribution in [0.5, 0.6) is 0 Å². The molecule has 1 atom stereocenters. The Balaban J connectivity index is 1.62. The van der Waals surface area contributed by atoms with Gasteiger partial charge in [-0.3, -0.25) is 25.5 Å². The van der Waals surface area contributed by atoms with Crippen molar-refractivity contribution in [3.05, 3.63) is 33.4 Å². The van der Waals surface area contributed by atoms with E-state index in [0.717, 1.165) is 53.4 Å². The van der Waals surface area contributed by atoms with Crippen LogP contribution in [0.3, 0.4) is 0 Å². The van der Waals surface area contributed by atoms with Gasteiger partial charge in [0.1, 0.15) is 10.8 Å². The molecule has 1 fully saturated rings. The van der Waals surface area contributed by atoms with Gasteiger partial charge < -0.3 is 10.6 Å². The maximum atomic E-state index is 12.1. The number of hydrazine groups is 1. The zero-order chi connectivity index (χ0) is 23.2. The Morgan fingerprint density at radius 3 is 2.85 bits per heavy atom. The minimum Gasteiger partial charge on any atom is -0.338 e. The number of amidine groups is 1. The molecule has 1 saturated heterocycles. The molecule has 33 heavy (non-hydrogen) atoms. The molecule has 3 aliphatic rings. The number of piperidine rings is 1. The van der Waals surface area contributed by atoms with Gasteiger partial charge in [0, 0.05) is 42.3 Å². The lowest BCUT2D eigenvalue weighted by Crippen LogP contribution is -2.40. The van der Waals surface area contributed by atoms with Gasteiger partial charge in [-0.2, -0.15) is 0 Å². The normalized spacial score (nSPS) is 21.3. The third-order valence-electron chi connectivity index (χ3n) is 6.07. The molecular weight excluding hydrogens is 440 g/mol. The fourth-order valence-electron chi connectivity index (χ4n) is 4.30. The summed E-state index contributed by atoms with van der Waals surface area (Å²) >= 11 is 1.62. The predicted molar refractivity (Wildman–Crippen MR) is 130 cm³/mol. The Morgan fingerprint density at radius 2 is 2.09 bits per heavy atom. The molecule has 10 nitrogen and oxygen atoms in total. The van der Waals surface area contributed by atoms with Crippen LogP contribution in [0.1, 0.15) is 49.2 Å². The van der Waals surface area contributed by atoms with Crippen LogP contribution in [0.2, 0.25) is 0 Å². The number of rotatable bonds is 5. The van der Waals surface area contributed by atoms with Crippen molar-refractivity contribution in [1.29, 1.82) is 0 Å². The minimum atomic E-state index is -0.427. The van der Waals surface area contributed by atoms with Gasteiger partial charge in [0.05, 0.1) is 18.2 Å². The number of hydrogen-bond donors (Lipinski definition) is 5. The highest BCUT2D eigenvalue weighted by atomic mass is 32.1. The largest absolute Gasteiger partial charge is 0.338 e. The Morgan fingerprint density at radius 1 is 1.27 bits per heavy atom. The molecule has 0 bridgehead atoms. The highest BCUT2D eigenvalue weighted by Crippen LogP contribution is 2.37. The fraction of sp³-hybridized carbons (Fsp3) is 0.500. The van der Waals surface area contributed by atoms with Gasteiger partial charge in [-0.15, -0.1) is 11.3 Å². The lowest BCUT2D eigenvalue weighted by molar-refractivity contribution is -0.122. The molecule has 3 aliphatic heterocycles. The molecule has 1 aromatic heterocycles. The number of thiazole rings is 1. The Labute approximate surface area is 196 Å². The molecular formula is C22H30N8O2S. The summed E-state index contributed by atoms with van der Waals surface area (Å²) in [5.41, 5.74) is 6.31. The van der Waals surface area contributed by atoms with Crippen LogP contribution in [0.15, 0.2) is 32.7 Å². The Bertz CT molecular complexity index is 1020. The van der Waals surface area contributed by atoms with Crippen molar-refractivity contribution < 1.29 is 9.59 Å². The molecule has 0 radical (unpaired) electrons. The Hall–Kier alpha value is -2.89. The zero-order valence-corrected chi connectivity index (χ0v) is 19.5. The average molecular weight is 471 g/mol. The molecule has 176 valence electrons. The number of aromatic nitrogens is 1. The maximum Gasteiger partial charge on any atom is 0.320 e. The monoisotopic (exact) mass is 470 g/mol. The van der Waals surface area contributed by atoms with E-state index in [0.29, 0.717) is 37.7 Å². The number of nitrogens with zero attached hydrogens (tertiary/aromatic N) is 3. The number of urea groups is 1. The number of hydrogen-bond acceptors (Lipinski definition) is 8. The lowest BCUT2D eigenvalue weighted by Gasteiger charge is -2.24. The fourth-order valence-corrected chi connectivity index (χ4v) is 5.27. The first-order chi connectivity index (χ1) is 16.1. The van der Waals surface area contributed by atoms with Gasteiger partial charge >= 0.3 is 6.03 Å². The summed E-state index contributed by atoms with van der Waals surface area (Å²) in [6.07, 6.45) is 6.51. The van der Waals surface area contributed by atoms with Gasteiger partial charge in [0.25, 0.3) is 0 Å². The standard InChI is InChI=1S/C22H30N8O2S/c1-2-26-22(32)29-19-8-16(21-28-18(12-33-21)13-3-5-24-6-4-13)17(11-27-19)14-7-15(10-25-9-14)20(31)30-23/h9-10,12-13,15,24H,2-8,11,23H2,1H3,(H,30,31)(H2,26,27,29,32). The summed E-state index contributed by atoms with van der Waals surface area (Å²) in [4.78, 5) is 38.1. The molecule has 11 heteroatoms. The van der Waals surface area contributed by atoms with E-state index in [4.69, 9.17) is 10.8 Å². The third-order valence-corrected chi connectivity index (χ3v) is 6.99. The molecule has 0 saturated carbocycles. The van der Waals surface area contributed by atoms with Gasteiger partial charge in [-0.25, -0.2) is 15.6 Å². The summed E-state index contributed by atoms with van der Waals surface area (Å²) in [5.74, 6) is 5.70. The lowest BCUT2D eigenvalue weighted by atomic mass is 9.88. The van der Waals surface area contributed by atoms with Crippen LogP contribution in [0.4, 0.5) is 4.79 Å². The number of carbonyl (C=O) groups is 2. The first-order valence-electron chi connectivity index (χ1n) is 11.3. The number of dihydropyridines is 1. The molecule has 3 amide bonds. The number of nitrogens with one attached hydrogen (secondary N) is 4. The van der Waals surface area contributed by atoms with E-state index in [1.807, 2.05) is 6.92 Å². The average Bonchev–Trinajstić information content (AvgIpc) is 3.34. The number of aliphatic imine (C=N–C) groups is 2. The van der Waals surface area contributed by atoms with E-state index in [1.165, 1.54) is 0 Å². The van der Waals surface area contributed by atoms with E-state index in [1.54, 1.807) is 23.8 Å². The number of amides is 3. The SMILES string of the molecule is CCNC(=O)NC1=NCC(C2=CN=CC(C(=O)NN)C2)=C(c2nc(C3CCNCC3)cs2)C1.